The number of halogens is 2. The van der Waals surface area contributed by atoms with Crippen molar-refractivity contribution >= 4 is 52.2 Å². The van der Waals surface area contributed by atoms with E-state index in [2.05, 4.69) is 5.32 Å². The lowest BCUT2D eigenvalue weighted by molar-refractivity contribution is -0.384. The second kappa shape index (κ2) is 8.19. The fraction of sp³-hybridized carbons (Fsp3) is 0.133. The maximum Gasteiger partial charge on any atom is 0.269 e. The Morgan fingerprint density at radius 1 is 1.13 bits per heavy atom. The third-order valence-electron chi connectivity index (χ3n) is 2.80. The fourth-order valence-electron chi connectivity index (χ4n) is 1.80. The minimum atomic E-state index is -0.444. The number of hydrogen-bond donors (Lipinski definition) is 1. The number of anilines is 1. The van der Waals surface area contributed by atoms with Gasteiger partial charge in [0.15, 0.2) is 0 Å². The molecule has 0 heterocycles. The van der Waals surface area contributed by atoms with Crippen molar-refractivity contribution in [3.8, 4) is 0 Å². The number of nitro groups is 1. The van der Waals surface area contributed by atoms with Crippen LogP contribution in [0.25, 0.3) is 0 Å². The molecule has 0 aliphatic heterocycles. The van der Waals surface area contributed by atoms with Gasteiger partial charge in [-0.25, -0.2) is 0 Å². The summed E-state index contributed by atoms with van der Waals surface area (Å²) in [4.78, 5) is 22.0. The Hall–Kier alpha value is -1.76. The Balaban J connectivity index is 1.81. The highest BCUT2D eigenvalue weighted by Gasteiger charge is 2.07. The molecule has 8 heteroatoms. The van der Waals surface area contributed by atoms with Gasteiger partial charge in [-0.3, -0.25) is 14.9 Å². The first-order valence-corrected chi connectivity index (χ1v) is 8.42. The Bertz CT molecular complexity index is 703. The van der Waals surface area contributed by atoms with Crippen molar-refractivity contribution in [2.75, 3.05) is 11.1 Å². The molecule has 0 saturated carbocycles. The number of carbonyl (C=O) groups excluding carboxylic acids is 1. The number of thioether (sulfide) groups is 1. The molecule has 0 bridgehead atoms. The highest BCUT2D eigenvalue weighted by molar-refractivity contribution is 7.99. The van der Waals surface area contributed by atoms with Crippen LogP contribution in [0.5, 0.6) is 0 Å². The van der Waals surface area contributed by atoms with Crippen molar-refractivity contribution in [2.24, 2.45) is 0 Å². The van der Waals surface area contributed by atoms with Crippen molar-refractivity contribution in [1.29, 1.82) is 0 Å². The third-order valence-corrected chi connectivity index (χ3v) is 4.24. The number of nitrogens with zero attached hydrogens (tertiary/aromatic N) is 1. The van der Waals surface area contributed by atoms with E-state index in [4.69, 9.17) is 23.2 Å². The molecule has 0 spiro atoms. The normalized spacial score (nSPS) is 10.3. The quantitative estimate of drug-likeness (QED) is 0.586. The van der Waals surface area contributed by atoms with Gasteiger partial charge in [-0.2, -0.15) is 0 Å². The number of benzene rings is 2. The minimum absolute atomic E-state index is 0.0503. The van der Waals surface area contributed by atoms with Crippen molar-refractivity contribution < 1.29 is 9.72 Å². The average molecular weight is 371 g/mol. The molecule has 0 unspecified atom stereocenters. The van der Waals surface area contributed by atoms with Crippen LogP contribution in [0, 0.1) is 10.1 Å². The van der Waals surface area contributed by atoms with E-state index in [1.807, 2.05) is 0 Å². The topological polar surface area (TPSA) is 72.2 Å². The fourth-order valence-corrected chi connectivity index (χ4v) is 3.11. The summed E-state index contributed by atoms with van der Waals surface area (Å²) < 4.78 is 0. The predicted octanol–water partition coefficient (Wildman–Crippen LogP) is 4.77. The first-order valence-electron chi connectivity index (χ1n) is 6.51. The van der Waals surface area contributed by atoms with Gasteiger partial charge in [-0.05, 0) is 23.8 Å². The summed E-state index contributed by atoms with van der Waals surface area (Å²) in [6.45, 7) is 0. The molecule has 0 radical (unpaired) electrons. The summed E-state index contributed by atoms with van der Waals surface area (Å²) in [7, 11) is 0. The number of hydrogen-bond acceptors (Lipinski definition) is 4. The zero-order valence-electron chi connectivity index (χ0n) is 11.8. The van der Waals surface area contributed by atoms with E-state index in [1.165, 1.54) is 23.9 Å². The number of rotatable bonds is 6. The standard InChI is InChI=1S/C15H12Cl2N2O3S/c16-11-5-12(17)7-13(6-11)18-15(20)9-23-8-10-1-3-14(4-2-10)19(21)22/h1-7H,8-9H2,(H,18,20). The number of nitro benzene ring substituents is 1. The molecular formula is C15H12Cl2N2O3S. The van der Waals surface area contributed by atoms with Gasteiger partial charge in [0, 0.05) is 33.6 Å². The molecule has 0 aliphatic carbocycles. The van der Waals surface area contributed by atoms with E-state index in [1.54, 1.807) is 30.3 Å². The first kappa shape index (κ1) is 17.6. The van der Waals surface area contributed by atoms with Crippen LogP contribution in [0.1, 0.15) is 5.56 Å². The second-order valence-electron chi connectivity index (χ2n) is 4.62. The molecule has 0 aliphatic rings. The van der Waals surface area contributed by atoms with E-state index in [-0.39, 0.29) is 17.3 Å². The Morgan fingerprint density at radius 2 is 1.74 bits per heavy atom. The van der Waals surface area contributed by atoms with E-state index in [0.29, 0.717) is 21.5 Å². The summed E-state index contributed by atoms with van der Waals surface area (Å²) in [6, 6.07) is 11.1. The number of nitrogens with one attached hydrogen (secondary N) is 1. The van der Waals surface area contributed by atoms with Crippen molar-refractivity contribution in [1.82, 2.24) is 0 Å². The Kier molecular flexibility index (Phi) is 6.27. The summed E-state index contributed by atoms with van der Waals surface area (Å²) in [5, 5.41) is 14.2. The minimum Gasteiger partial charge on any atom is -0.325 e. The number of amides is 1. The van der Waals surface area contributed by atoms with Crippen molar-refractivity contribution in [2.45, 2.75) is 5.75 Å². The lowest BCUT2D eigenvalue weighted by Crippen LogP contribution is -2.14. The molecule has 2 rings (SSSR count). The first-order chi connectivity index (χ1) is 10.9. The molecule has 0 fully saturated rings. The van der Waals surface area contributed by atoms with Crippen LogP contribution in [0.4, 0.5) is 11.4 Å². The van der Waals surface area contributed by atoms with Crippen LogP contribution in [-0.4, -0.2) is 16.6 Å². The van der Waals surface area contributed by atoms with Gasteiger partial charge < -0.3 is 5.32 Å². The van der Waals surface area contributed by atoms with E-state index < -0.39 is 4.92 Å². The second-order valence-corrected chi connectivity index (χ2v) is 6.48. The van der Waals surface area contributed by atoms with Crippen LogP contribution < -0.4 is 5.32 Å². The number of carbonyl (C=O) groups is 1. The molecule has 23 heavy (non-hydrogen) atoms. The van der Waals surface area contributed by atoms with E-state index in [0.717, 1.165) is 5.56 Å². The van der Waals surface area contributed by atoms with E-state index in [9.17, 15) is 14.9 Å². The van der Waals surface area contributed by atoms with E-state index >= 15 is 0 Å². The van der Waals surface area contributed by atoms with Crippen molar-refractivity contribution in [3.63, 3.8) is 0 Å². The summed E-state index contributed by atoms with van der Waals surface area (Å²) in [6.07, 6.45) is 0. The molecule has 0 atom stereocenters. The monoisotopic (exact) mass is 370 g/mol. The lowest BCUT2D eigenvalue weighted by atomic mass is 10.2. The zero-order valence-corrected chi connectivity index (χ0v) is 14.1. The van der Waals surface area contributed by atoms with Gasteiger partial charge in [-0.15, -0.1) is 11.8 Å². The van der Waals surface area contributed by atoms with Crippen LogP contribution in [0.3, 0.4) is 0 Å². The van der Waals surface area contributed by atoms with Crippen LogP contribution in [-0.2, 0) is 10.5 Å². The van der Waals surface area contributed by atoms with Crippen LogP contribution in [0.15, 0.2) is 42.5 Å². The average Bonchev–Trinajstić information content (AvgIpc) is 2.46. The molecule has 0 saturated heterocycles. The summed E-state index contributed by atoms with van der Waals surface area (Å²) >= 11 is 13.1. The van der Waals surface area contributed by atoms with Gasteiger partial charge in [0.25, 0.3) is 5.69 Å². The third kappa shape index (κ3) is 5.74. The summed E-state index contributed by atoms with van der Waals surface area (Å²) in [5.74, 6) is 0.665. The highest BCUT2D eigenvalue weighted by atomic mass is 35.5. The van der Waals surface area contributed by atoms with Gasteiger partial charge in [0.05, 0.1) is 10.7 Å². The van der Waals surface area contributed by atoms with Crippen LogP contribution in [0.2, 0.25) is 10.0 Å². The largest absolute Gasteiger partial charge is 0.325 e. The lowest BCUT2D eigenvalue weighted by Gasteiger charge is -2.06. The van der Waals surface area contributed by atoms with Gasteiger partial charge in [0.1, 0.15) is 0 Å². The SMILES string of the molecule is O=C(CSCc1ccc([N+](=O)[O-])cc1)Nc1cc(Cl)cc(Cl)c1. The smallest absolute Gasteiger partial charge is 0.269 e. The molecule has 2 aromatic rings. The predicted molar refractivity (Wildman–Crippen MR) is 94.4 cm³/mol. The highest BCUT2D eigenvalue weighted by Crippen LogP contribution is 2.23. The van der Waals surface area contributed by atoms with Gasteiger partial charge in [0.2, 0.25) is 5.91 Å². The molecule has 120 valence electrons. The molecular weight excluding hydrogens is 359 g/mol. The molecule has 2 aromatic carbocycles. The molecule has 1 N–H and O–H groups in total. The molecule has 5 nitrogen and oxygen atoms in total. The Labute approximate surface area is 147 Å². The maximum absolute atomic E-state index is 11.9. The van der Waals surface area contributed by atoms with Gasteiger partial charge in [-0.1, -0.05) is 35.3 Å². The summed E-state index contributed by atoms with van der Waals surface area (Å²) in [5.41, 5.74) is 1.51. The zero-order chi connectivity index (χ0) is 16.8. The van der Waals surface area contributed by atoms with Crippen molar-refractivity contribution in [3.05, 3.63) is 68.2 Å². The number of non-ortho nitro benzene ring substituents is 1. The molecule has 0 aromatic heterocycles. The van der Waals surface area contributed by atoms with Gasteiger partial charge >= 0.3 is 0 Å². The maximum atomic E-state index is 11.9. The molecule has 1 amide bonds. The Morgan fingerprint density at radius 3 is 2.30 bits per heavy atom. The van der Waals surface area contributed by atoms with Crippen LogP contribution >= 0.6 is 35.0 Å².